The molecule has 0 aliphatic heterocycles. The van der Waals surface area contributed by atoms with Crippen molar-refractivity contribution in [2.24, 2.45) is 4.99 Å². The molecule has 6 nitrogen and oxygen atoms in total. The molecule has 0 aliphatic rings. The van der Waals surface area contributed by atoms with Gasteiger partial charge in [0.05, 0.1) is 6.26 Å². The molecule has 0 saturated carbocycles. The van der Waals surface area contributed by atoms with Crippen molar-refractivity contribution in [1.29, 1.82) is 0 Å². The number of thioether (sulfide) groups is 1. The summed E-state index contributed by atoms with van der Waals surface area (Å²) in [7, 11) is -1.45. The lowest BCUT2D eigenvalue weighted by Gasteiger charge is -2.16. The number of hydrogen-bond acceptors (Lipinski definition) is 4. The van der Waals surface area contributed by atoms with Crippen molar-refractivity contribution in [1.82, 2.24) is 15.4 Å². The number of rotatable bonds is 8. The lowest BCUT2D eigenvalue weighted by Crippen LogP contribution is -2.43. The fraction of sp³-hybridized carbons (Fsp3) is 0.500. The van der Waals surface area contributed by atoms with E-state index in [1.54, 1.807) is 18.8 Å². The Labute approximate surface area is 137 Å². The number of guanidine groups is 1. The van der Waals surface area contributed by atoms with Gasteiger partial charge in [-0.2, -0.15) is 0 Å². The van der Waals surface area contributed by atoms with Crippen molar-refractivity contribution >= 4 is 27.7 Å². The fourth-order valence-corrected chi connectivity index (χ4v) is 3.07. The molecule has 0 heterocycles. The molecule has 1 unspecified atom stereocenters. The predicted octanol–water partition coefficient (Wildman–Crippen LogP) is 0.881. The van der Waals surface area contributed by atoms with E-state index in [4.69, 9.17) is 0 Å². The van der Waals surface area contributed by atoms with Gasteiger partial charge in [-0.3, -0.25) is 4.99 Å². The summed E-state index contributed by atoms with van der Waals surface area (Å²) in [5.74, 6) is 0.663. The second-order valence-electron chi connectivity index (χ2n) is 4.79. The van der Waals surface area contributed by atoms with Gasteiger partial charge < -0.3 is 10.6 Å². The van der Waals surface area contributed by atoms with Crippen LogP contribution < -0.4 is 15.4 Å². The third kappa shape index (κ3) is 8.91. The zero-order valence-corrected chi connectivity index (χ0v) is 14.8. The molecule has 1 rings (SSSR count). The highest BCUT2D eigenvalue weighted by Crippen LogP contribution is 2.21. The van der Waals surface area contributed by atoms with Crippen LogP contribution in [0.15, 0.2) is 40.2 Å². The second kappa shape index (κ2) is 9.70. The van der Waals surface area contributed by atoms with E-state index < -0.39 is 10.0 Å². The van der Waals surface area contributed by atoms with Crippen molar-refractivity contribution in [3.8, 4) is 0 Å². The predicted molar refractivity (Wildman–Crippen MR) is 94.0 cm³/mol. The molecular weight excluding hydrogens is 320 g/mol. The molecular formula is C14H24N4O2S2. The van der Waals surface area contributed by atoms with E-state index in [-0.39, 0.29) is 0 Å². The van der Waals surface area contributed by atoms with Gasteiger partial charge in [-0.1, -0.05) is 25.1 Å². The SMILES string of the molecule is CN=C(NCCNS(C)(=O)=O)NCC(C)Sc1ccccc1. The fourth-order valence-electron chi connectivity index (χ4n) is 1.65. The van der Waals surface area contributed by atoms with Crippen LogP contribution in [0.3, 0.4) is 0 Å². The first-order valence-corrected chi connectivity index (χ1v) is 9.78. The standard InChI is InChI=1S/C14H24N4O2S2/c1-12(21-13-7-5-4-6-8-13)11-17-14(15-2)16-9-10-18-22(3,19)20/h4-8,12,18H,9-11H2,1-3H3,(H2,15,16,17). The molecule has 124 valence electrons. The van der Waals surface area contributed by atoms with Gasteiger partial charge in [0, 0.05) is 36.8 Å². The van der Waals surface area contributed by atoms with Gasteiger partial charge in [0.2, 0.25) is 10.0 Å². The van der Waals surface area contributed by atoms with Gasteiger partial charge in [0.1, 0.15) is 0 Å². The summed E-state index contributed by atoms with van der Waals surface area (Å²) < 4.78 is 24.3. The van der Waals surface area contributed by atoms with E-state index in [9.17, 15) is 8.42 Å². The van der Waals surface area contributed by atoms with Crippen LogP contribution in [-0.4, -0.2) is 52.6 Å². The van der Waals surface area contributed by atoms with Gasteiger partial charge in [-0.15, -0.1) is 11.8 Å². The van der Waals surface area contributed by atoms with Gasteiger partial charge in [0.25, 0.3) is 0 Å². The molecule has 0 amide bonds. The molecule has 1 aromatic carbocycles. The Kier molecular flexibility index (Phi) is 8.29. The van der Waals surface area contributed by atoms with Crippen molar-refractivity contribution in [3.63, 3.8) is 0 Å². The molecule has 0 radical (unpaired) electrons. The van der Waals surface area contributed by atoms with Gasteiger partial charge in [-0.05, 0) is 12.1 Å². The quantitative estimate of drug-likeness (QED) is 0.282. The van der Waals surface area contributed by atoms with Crippen LogP contribution in [0.1, 0.15) is 6.92 Å². The maximum absolute atomic E-state index is 10.9. The largest absolute Gasteiger partial charge is 0.355 e. The van der Waals surface area contributed by atoms with Gasteiger partial charge >= 0.3 is 0 Å². The monoisotopic (exact) mass is 344 g/mol. The lowest BCUT2D eigenvalue weighted by atomic mass is 10.4. The van der Waals surface area contributed by atoms with Crippen LogP contribution in [0.5, 0.6) is 0 Å². The molecule has 0 spiro atoms. The highest BCUT2D eigenvalue weighted by Gasteiger charge is 2.06. The summed E-state index contributed by atoms with van der Waals surface area (Å²) in [5, 5.41) is 6.68. The van der Waals surface area contributed by atoms with Gasteiger partial charge in [0.15, 0.2) is 5.96 Å². The normalized spacial score (nSPS) is 13.7. The average molecular weight is 345 g/mol. The third-order valence-electron chi connectivity index (χ3n) is 2.64. The van der Waals surface area contributed by atoms with Crippen molar-refractivity contribution in [2.45, 2.75) is 17.1 Å². The van der Waals surface area contributed by atoms with E-state index in [1.165, 1.54) is 4.90 Å². The Morgan fingerprint density at radius 3 is 2.50 bits per heavy atom. The number of hydrogen-bond donors (Lipinski definition) is 3. The Morgan fingerprint density at radius 2 is 1.91 bits per heavy atom. The van der Waals surface area contributed by atoms with Crippen molar-refractivity contribution < 1.29 is 8.42 Å². The molecule has 22 heavy (non-hydrogen) atoms. The highest BCUT2D eigenvalue weighted by molar-refractivity contribution is 8.00. The first kappa shape index (κ1) is 18.8. The summed E-state index contributed by atoms with van der Waals surface area (Å²) in [6.45, 7) is 3.71. The average Bonchev–Trinajstić information content (AvgIpc) is 2.46. The topological polar surface area (TPSA) is 82.6 Å². The Balaban J connectivity index is 2.26. The molecule has 3 N–H and O–H groups in total. The number of sulfonamides is 1. The molecule has 0 aliphatic carbocycles. The van der Waals surface area contributed by atoms with Crippen molar-refractivity contribution in [2.75, 3.05) is 32.9 Å². The number of nitrogens with zero attached hydrogens (tertiary/aromatic N) is 1. The summed E-state index contributed by atoms with van der Waals surface area (Å²) in [5.41, 5.74) is 0. The lowest BCUT2D eigenvalue weighted by molar-refractivity contribution is 0.586. The molecule has 0 fully saturated rings. The molecule has 0 bridgehead atoms. The first-order valence-electron chi connectivity index (χ1n) is 7.01. The highest BCUT2D eigenvalue weighted by atomic mass is 32.2. The van der Waals surface area contributed by atoms with Crippen molar-refractivity contribution in [3.05, 3.63) is 30.3 Å². The maximum atomic E-state index is 10.9. The summed E-state index contributed by atoms with van der Waals surface area (Å²) in [4.78, 5) is 5.34. The smallest absolute Gasteiger partial charge is 0.208 e. The van der Waals surface area contributed by atoms with E-state index in [0.717, 1.165) is 12.8 Å². The number of nitrogens with one attached hydrogen (secondary N) is 3. The minimum atomic E-state index is -3.14. The molecule has 1 atom stereocenters. The van der Waals surface area contributed by atoms with Gasteiger partial charge in [-0.25, -0.2) is 13.1 Å². The molecule has 0 aromatic heterocycles. The molecule has 0 saturated heterocycles. The summed E-state index contributed by atoms with van der Waals surface area (Å²) in [6, 6.07) is 10.2. The molecule has 8 heteroatoms. The van der Waals surface area contributed by atoms with Crippen LogP contribution in [0.2, 0.25) is 0 Å². The minimum absolute atomic E-state index is 0.327. The maximum Gasteiger partial charge on any atom is 0.208 e. The Hall–Kier alpha value is -1.25. The second-order valence-corrected chi connectivity index (χ2v) is 8.13. The first-order chi connectivity index (χ1) is 10.4. The molecule has 1 aromatic rings. The van der Waals surface area contributed by atoms with Crippen LogP contribution in [0.25, 0.3) is 0 Å². The van der Waals surface area contributed by atoms with Crippen LogP contribution >= 0.6 is 11.8 Å². The van der Waals surface area contributed by atoms with E-state index >= 15 is 0 Å². The number of aliphatic imine (C=N–C) groups is 1. The van der Waals surface area contributed by atoms with Crippen LogP contribution in [0.4, 0.5) is 0 Å². The van der Waals surface area contributed by atoms with E-state index in [2.05, 4.69) is 39.4 Å². The summed E-state index contributed by atoms with van der Waals surface area (Å²) >= 11 is 1.79. The zero-order valence-electron chi connectivity index (χ0n) is 13.2. The third-order valence-corrected chi connectivity index (χ3v) is 4.48. The minimum Gasteiger partial charge on any atom is -0.355 e. The van der Waals surface area contributed by atoms with Crippen LogP contribution in [0, 0.1) is 0 Å². The number of benzene rings is 1. The summed E-state index contributed by atoms with van der Waals surface area (Å²) in [6.07, 6.45) is 1.14. The van der Waals surface area contributed by atoms with E-state index in [1.807, 2.05) is 18.2 Å². The van der Waals surface area contributed by atoms with Crippen LogP contribution in [-0.2, 0) is 10.0 Å². The Morgan fingerprint density at radius 1 is 1.23 bits per heavy atom. The Bertz CT molecular complexity index is 561. The zero-order chi connectivity index (χ0) is 16.4. The van der Waals surface area contributed by atoms with E-state index in [0.29, 0.717) is 24.3 Å².